The summed E-state index contributed by atoms with van der Waals surface area (Å²) < 4.78 is 5.25. The molecule has 2 nitrogen and oxygen atoms in total. The van der Waals surface area contributed by atoms with Crippen LogP contribution >= 0.6 is 11.6 Å². The average molecular weight is 190 g/mol. The van der Waals surface area contributed by atoms with E-state index in [2.05, 4.69) is 18.5 Å². The lowest BCUT2D eigenvalue weighted by molar-refractivity contribution is 0.141. The van der Waals surface area contributed by atoms with Crippen LogP contribution in [-0.2, 0) is 4.74 Å². The third-order valence-electron chi connectivity index (χ3n) is 1.21. The van der Waals surface area contributed by atoms with E-state index in [4.69, 9.17) is 16.3 Å². The third kappa shape index (κ3) is 9.69. The first-order valence-electron chi connectivity index (χ1n) is 4.00. The second-order valence-corrected chi connectivity index (χ2v) is 2.92. The van der Waals surface area contributed by atoms with Gasteiger partial charge in [-0.2, -0.15) is 0 Å². The molecule has 0 aliphatic heterocycles. The molecule has 0 aromatic heterocycles. The zero-order chi connectivity index (χ0) is 9.23. The van der Waals surface area contributed by atoms with Crippen LogP contribution in [0.3, 0.4) is 0 Å². The Kier molecular flexibility index (Phi) is 8.56. The molecule has 3 heteroatoms. The van der Waals surface area contributed by atoms with Crippen molar-refractivity contribution in [1.29, 1.82) is 0 Å². The molecule has 1 N–H and O–H groups in total. The number of nitrogens with one attached hydrogen (secondary N) is 1. The normalized spacial score (nSPS) is 9.75. The smallest absolute Gasteiger partial charge is 0.0591 e. The molecule has 0 unspecified atom stereocenters. The summed E-state index contributed by atoms with van der Waals surface area (Å²) in [6, 6.07) is 0. The first-order chi connectivity index (χ1) is 5.77. The first-order valence-corrected chi connectivity index (χ1v) is 4.38. The SMILES string of the molecule is C=CCCOCCNCC(=C)Cl. The fraction of sp³-hybridized carbons (Fsp3) is 0.556. The lowest BCUT2D eigenvalue weighted by Gasteiger charge is -2.03. The topological polar surface area (TPSA) is 21.3 Å². The van der Waals surface area contributed by atoms with Crippen LogP contribution in [0.2, 0.25) is 0 Å². The van der Waals surface area contributed by atoms with E-state index in [1.165, 1.54) is 0 Å². The van der Waals surface area contributed by atoms with Gasteiger partial charge in [-0.05, 0) is 6.42 Å². The van der Waals surface area contributed by atoms with E-state index in [1.54, 1.807) is 0 Å². The second kappa shape index (κ2) is 8.78. The van der Waals surface area contributed by atoms with Gasteiger partial charge < -0.3 is 10.1 Å². The standard InChI is InChI=1S/C9H16ClNO/c1-3-4-6-12-7-5-11-8-9(2)10/h3,11H,1-2,4-8H2. The van der Waals surface area contributed by atoms with Gasteiger partial charge in [0.25, 0.3) is 0 Å². The van der Waals surface area contributed by atoms with Crippen molar-refractivity contribution >= 4 is 11.6 Å². The molecular weight excluding hydrogens is 174 g/mol. The Bertz CT molecular complexity index is 136. The Hall–Kier alpha value is -0.310. The summed E-state index contributed by atoms with van der Waals surface area (Å²) in [5.41, 5.74) is 0. The van der Waals surface area contributed by atoms with Gasteiger partial charge in [-0.1, -0.05) is 24.3 Å². The lowest BCUT2D eigenvalue weighted by Crippen LogP contribution is -2.20. The zero-order valence-electron chi connectivity index (χ0n) is 7.31. The molecule has 0 spiro atoms. The van der Waals surface area contributed by atoms with E-state index in [9.17, 15) is 0 Å². The molecule has 0 fully saturated rings. The van der Waals surface area contributed by atoms with Crippen molar-refractivity contribution < 1.29 is 4.74 Å². The third-order valence-corrected chi connectivity index (χ3v) is 1.34. The van der Waals surface area contributed by atoms with Crippen molar-refractivity contribution in [2.45, 2.75) is 6.42 Å². The number of hydrogen-bond acceptors (Lipinski definition) is 2. The quantitative estimate of drug-likeness (QED) is 0.466. The fourth-order valence-electron chi connectivity index (χ4n) is 0.637. The summed E-state index contributed by atoms with van der Waals surface area (Å²) >= 11 is 5.53. The monoisotopic (exact) mass is 189 g/mol. The largest absolute Gasteiger partial charge is 0.380 e. The molecule has 0 saturated heterocycles. The van der Waals surface area contributed by atoms with Gasteiger partial charge in [-0.15, -0.1) is 6.58 Å². The predicted molar refractivity (Wildman–Crippen MR) is 53.5 cm³/mol. The van der Waals surface area contributed by atoms with Crippen molar-refractivity contribution in [2.75, 3.05) is 26.3 Å². The molecule has 0 aromatic rings. The zero-order valence-corrected chi connectivity index (χ0v) is 8.07. The van der Waals surface area contributed by atoms with Crippen LogP contribution in [-0.4, -0.2) is 26.3 Å². The molecule has 0 amide bonds. The van der Waals surface area contributed by atoms with Gasteiger partial charge in [-0.3, -0.25) is 0 Å². The van der Waals surface area contributed by atoms with Crippen molar-refractivity contribution in [3.05, 3.63) is 24.3 Å². The highest BCUT2D eigenvalue weighted by molar-refractivity contribution is 6.29. The Balaban J connectivity index is 2.90. The summed E-state index contributed by atoms with van der Waals surface area (Å²) in [5, 5.41) is 3.71. The average Bonchev–Trinajstić information content (AvgIpc) is 2.02. The van der Waals surface area contributed by atoms with Gasteiger partial charge >= 0.3 is 0 Å². The molecule has 0 aliphatic rings. The maximum atomic E-state index is 5.53. The number of ether oxygens (including phenoxy) is 1. The second-order valence-electron chi connectivity index (χ2n) is 2.38. The molecule has 70 valence electrons. The summed E-state index contributed by atoms with van der Waals surface area (Å²) in [6.45, 7) is 10.0. The Morgan fingerprint density at radius 1 is 1.50 bits per heavy atom. The lowest BCUT2D eigenvalue weighted by atomic mass is 10.4. The van der Waals surface area contributed by atoms with Gasteiger partial charge in [0.2, 0.25) is 0 Å². The van der Waals surface area contributed by atoms with Crippen LogP contribution in [0.25, 0.3) is 0 Å². The minimum atomic E-state index is 0.626. The highest BCUT2D eigenvalue weighted by Gasteiger charge is 1.88. The number of hydrogen-bond donors (Lipinski definition) is 1. The molecule has 0 heterocycles. The van der Waals surface area contributed by atoms with Gasteiger partial charge in [0, 0.05) is 18.1 Å². The highest BCUT2D eigenvalue weighted by Crippen LogP contribution is 1.91. The molecule has 0 radical (unpaired) electrons. The van der Waals surface area contributed by atoms with E-state index in [1.807, 2.05) is 6.08 Å². The van der Waals surface area contributed by atoms with Crippen LogP contribution in [0.15, 0.2) is 24.3 Å². The van der Waals surface area contributed by atoms with E-state index in [0.717, 1.165) is 19.6 Å². The maximum absolute atomic E-state index is 5.53. The molecule has 12 heavy (non-hydrogen) atoms. The van der Waals surface area contributed by atoms with Crippen molar-refractivity contribution in [3.8, 4) is 0 Å². The highest BCUT2D eigenvalue weighted by atomic mass is 35.5. The minimum Gasteiger partial charge on any atom is -0.380 e. The van der Waals surface area contributed by atoms with Gasteiger partial charge in [-0.25, -0.2) is 0 Å². The van der Waals surface area contributed by atoms with Gasteiger partial charge in [0.15, 0.2) is 0 Å². The Morgan fingerprint density at radius 2 is 2.25 bits per heavy atom. The minimum absolute atomic E-state index is 0.626. The van der Waals surface area contributed by atoms with Crippen molar-refractivity contribution in [3.63, 3.8) is 0 Å². The number of halogens is 1. The molecule has 0 aromatic carbocycles. The molecular formula is C9H16ClNO. The predicted octanol–water partition coefficient (Wildman–Crippen LogP) is 1.92. The molecule has 0 atom stereocenters. The van der Waals surface area contributed by atoms with Crippen molar-refractivity contribution in [2.24, 2.45) is 0 Å². The van der Waals surface area contributed by atoms with Crippen LogP contribution in [0.5, 0.6) is 0 Å². The van der Waals surface area contributed by atoms with Crippen LogP contribution < -0.4 is 5.32 Å². The maximum Gasteiger partial charge on any atom is 0.0591 e. The van der Waals surface area contributed by atoms with E-state index in [0.29, 0.717) is 18.2 Å². The van der Waals surface area contributed by atoms with Gasteiger partial charge in [0.05, 0.1) is 13.2 Å². The van der Waals surface area contributed by atoms with E-state index < -0.39 is 0 Å². The fourth-order valence-corrected chi connectivity index (χ4v) is 0.732. The first kappa shape index (κ1) is 11.7. The summed E-state index contributed by atoms with van der Waals surface area (Å²) in [6.07, 6.45) is 2.75. The van der Waals surface area contributed by atoms with Crippen LogP contribution in [0, 0.1) is 0 Å². The Labute approximate surface area is 79.2 Å². The molecule has 0 rings (SSSR count). The summed E-state index contributed by atoms with van der Waals surface area (Å²) in [5.74, 6) is 0. The summed E-state index contributed by atoms with van der Waals surface area (Å²) in [7, 11) is 0. The number of rotatable bonds is 8. The molecule has 0 bridgehead atoms. The molecule has 0 saturated carbocycles. The summed E-state index contributed by atoms with van der Waals surface area (Å²) in [4.78, 5) is 0. The van der Waals surface area contributed by atoms with Crippen LogP contribution in [0.1, 0.15) is 6.42 Å². The van der Waals surface area contributed by atoms with E-state index >= 15 is 0 Å². The Morgan fingerprint density at radius 3 is 2.83 bits per heavy atom. The van der Waals surface area contributed by atoms with E-state index in [-0.39, 0.29) is 0 Å². The van der Waals surface area contributed by atoms with Gasteiger partial charge in [0.1, 0.15) is 0 Å². The van der Waals surface area contributed by atoms with Crippen LogP contribution in [0.4, 0.5) is 0 Å². The van der Waals surface area contributed by atoms with Crippen molar-refractivity contribution in [1.82, 2.24) is 5.32 Å². The molecule has 0 aliphatic carbocycles.